The number of allylic oxidation sites excluding steroid dienone is 4. The fraction of sp³-hybridized carbons (Fsp3) is 0.500. The lowest BCUT2D eigenvalue weighted by Gasteiger charge is -1.96. The number of ether oxygens (including phenoxy) is 2. The second kappa shape index (κ2) is 5.53. The van der Waals surface area contributed by atoms with E-state index in [1.165, 1.54) is 5.57 Å². The minimum absolute atomic E-state index is 0.368. The van der Waals surface area contributed by atoms with Gasteiger partial charge in [0.2, 0.25) is 6.79 Å². The van der Waals surface area contributed by atoms with Gasteiger partial charge < -0.3 is 9.47 Å². The van der Waals surface area contributed by atoms with Crippen molar-refractivity contribution < 1.29 is 9.47 Å². The first-order valence-electron chi connectivity index (χ1n) is 5.26. The van der Waals surface area contributed by atoms with Gasteiger partial charge in [-0.1, -0.05) is 32.4 Å². The Morgan fingerprint density at radius 3 is 2.57 bits per heavy atom. The number of hydrogen-bond donors (Lipinski definition) is 0. The van der Waals surface area contributed by atoms with E-state index < -0.39 is 0 Å². The molecule has 0 unspecified atom stereocenters. The highest BCUT2D eigenvalue weighted by Crippen LogP contribution is 2.25. The van der Waals surface area contributed by atoms with Gasteiger partial charge in [-0.25, -0.2) is 0 Å². The van der Waals surface area contributed by atoms with Crippen LogP contribution < -0.4 is 0 Å². The lowest BCUT2D eigenvalue weighted by molar-refractivity contribution is 0.0974. The molecule has 0 atom stereocenters. The van der Waals surface area contributed by atoms with E-state index in [1.807, 2.05) is 19.9 Å². The van der Waals surface area contributed by atoms with Gasteiger partial charge in [0.15, 0.2) is 11.5 Å². The molecule has 2 heteroatoms. The molecular weight excluding hydrogens is 176 g/mol. The van der Waals surface area contributed by atoms with Crippen molar-refractivity contribution in [2.45, 2.75) is 33.6 Å². The molecule has 0 radical (unpaired) electrons. The molecule has 1 heterocycles. The summed E-state index contributed by atoms with van der Waals surface area (Å²) in [4.78, 5) is 0. The summed E-state index contributed by atoms with van der Waals surface area (Å²) < 4.78 is 10.5. The van der Waals surface area contributed by atoms with Gasteiger partial charge in [0.1, 0.15) is 0 Å². The first-order valence-corrected chi connectivity index (χ1v) is 5.26. The Balaban J connectivity index is 0.000000461. The Kier molecular flexibility index (Phi) is 4.30. The standard InChI is InChI=1S/C10H12O2.C2H6/c1-2-8-3-5-9-10(6-4-8)12-7-11-9;1-2/h3,5-6H,2,4,7H2,1H3;1-2H3. The van der Waals surface area contributed by atoms with E-state index in [4.69, 9.17) is 9.47 Å². The van der Waals surface area contributed by atoms with Gasteiger partial charge in [-0.05, 0) is 25.0 Å². The molecule has 78 valence electrons. The Labute approximate surface area is 85.9 Å². The summed E-state index contributed by atoms with van der Waals surface area (Å²) in [5, 5.41) is 0. The van der Waals surface area contributed by atoms with Crippen LogP contribution in [0.3, 0.4) is 0 Å². The van der Waals surface area contributed by atoms with E-state index in [-0.39, 0.29) is 0 Å². The van der Waals surface area contributed by atoms with E-state index >= 15 is 0 Å². The van der Waals surface area contributed by atoms with Crippen LogP contribution in [0, 0.1) is 0 Å². The third-order valence-corrected chi connectivity index (χ3v) is 2.15. The molecule has 1 saturated heterocycles. The van der Waals surface area contributed by atoms with Crippen LogP contribution in [0.15, 0.2) is 35.3 Å². The normalized spacial score (nSPS) is 18.4. The van der Waals surface area contributed by atoms with Crippen LogP contribution >= 0.6 is 0 Å². The molecule has 1 aliphatic heterocycles. The number of rotatable bonds is 1. The lowest BCUT2D eigenvalue weighted by Crippen LogP contribution is -1.81. The largest absolute Gasteiger partial charge is 0.454 e. The third kappa shape index (κ3) is 2.41. The Morgan fingerprint density at radius 2 is 1.86 bits per heavy atom. The quantitative estimate of drug-likeness (QED) is 0.635. The smallest absolute Gasteiger partial charge is 0.231 e. The van der Waals surface area contributed by atoms with Crippen molar-refractivity contribution in [1.29, 1.82) is 0 Å². The molecule has 0 aromatic carbocycles. The lowest BCUT2D eigenvalue weighted by atomic mass is 10.1. The summed E-state index contributed by atoms with van der Waals surface area (Å²) in [5.74, 6) is 1.77. The minimum atomic E-state index is 0.368. The Hall–Kier alpha value is -1.18. The molecule has 2 nitrogen and oxygen atoms in total. The molecule has 0 aromatic heterocycles. The predicted octanol–water partition coefficient (Wildman–Crippen LogP) is 3.52. The molecule has 0 saturated carbocycles. The fourth-order valence-electron chi connectivity index (χ4n) is 1.34. The highest BCUT2D eigenvalue weighted by atomic mass is 16.7. The van der Waals surface area contributed by atoms with Gasteiger partial charge >= 0.3 is 0 Å². The topological polar surface area (TPSA) is 18.5 Å². The number of hydrogen-bond acceptors (Lipinski definition) is 2. The second-order valence-electron chi connectivity index (χ2n) is 2.89. The molecule has 0 bridgehead atoms. The molecule has 1 fully saturated rings. The van der Waals surface area contributed by atoms with Crippen LogP contribution in [0.2, 0.25) is 0 Å². The van der Waals surface area contributed by atoms with Crippen LogP contribution in [0.1, 0.15) is 33.6 Å². The first-order chi connectivity index (χ1) is 6.90. The average Bonchev–Trinajstić information content (AvgIpc) is 2.61. The molecule has 2 aliphatic rings. The maximum Gasteiger partial charge on any atom is 0.231 e. The molecule has 0 aromatic rings. The second-order valence-corrected chi connectivity index (χ2v) is 2.89. The van der Waals surface area contributed by atoms with Crippen LogP contribution in [0.4, 0.5) is 0 Å². The number of fused-ring (bicyclic) bond motifs is 1. The van der Waals surface area contributed by atoms with Crippen molar-refractivity contribution in [2.24, 2.45) is 0 Å². The van der Waals surface area contributed by atoms with Gasteiger partial charge in [-0.15, -0.1) is 0 Å². The summed E-state index contributed by atoms with van der Waals surface area (Å²) >= 11 is 0. The summed E-state index contributed by atoms with van der Waals surface area (Å²) in [6.45, 7) is 6.53. The van der Waals surface area contributed by atoms with Crippen LogP contribution in [0.25, 0.3) is 0 Å². The molecule has 0 amide bonds. The van der Waals surface area contributed by atoms with Crippen LogP contribution in [-0.4, -0.2) is 6.79 Å². The van der Waals surface area contributed by atoms with Crippen LogP contribution in [-0.2, 0) is 9.47 Å². The first kappa shape index (κ1) is 10.9. The van der Waals surface area contributed by atoms with E-state index in [0.717, 1.165) is 24.4 Å². The van der Waals surface area contributed by atoms with Gasteiger partial charge in [0.05, 0.1) is 0 Å². The van der Waals surface area contributed by atoms with E-state index in [0.29, 0.717) is 6.79 Å². The molecule has 0 N–H and O–H groups in total. The molecular formula is C12H18O2. The monoisotopic (exact) mass is 194 g/mol. The fourth-order valence-corrected chi connectivity index (χ4v) is 1.34. The van der Waals surface area contributed by atoms with Gasteiger partial charge in [-0.3, -0.25) is 0 Å². The molecule has 2 rings (SSSR count). The maximum atomic E-state index is 5.27. The van der Waals surface area contributed by atoms with Crippen molar-refractivity contribution in [3.63, 3.8) is 0 Å². The van der Waals surface area contributed by atoms with Crippen molar-refractivity contribution in [3.05, 3.63) is 35.3 Å². The average molecular weight is 194 g/mol. The van der Waals surface area contributed by atoms with Gasteiger partial charge in [0.25, 0.3) is 0 Å². The van der Waals surface area contributed by atoms with Gasteiger partial charge in [-0.2, -0.15) is 0 Å². The van der Waals surface area contributed by atoms with Crippen molar-refractivity contribution in [2.75, 3.05) is 6.79 Å². The summed E-state index contributed by atoms with van der Waals surface area (Å²) in [5.41, 5.74) is 1.41. The zero-order chi connectivity index (χ0) is 10.4. The SMILES string of the molecule is CC.CCC1=CC=C2OCOC2=CC1. The van der Waals surface area contributed by atoms with Crippen molar-refractivity contribution >= 4 is 0 Å². The summed E-state index contributed by atoms with van der Waals surface area (Å²) in [7, 11) is 0. The zero-order valence-corrected chi connectivity index (χ0v) is 9.17. The van der Waals surface area contributed by atoms with Gasteiger partial charge in [0, 0.05) is 0 Å². The predicted molar refractivity (Wildman–Crippen MR) is 57.5 cm³/mol. The molecule has 0 spiro atoms. The van der Waals surface area contributed by atoms with Crippen LogP contribution in [0.5, 0.6) is 0 Å². The van der Waals surface area contributed by atoms with Crippen molar-refractivity contribution in [3.8, 4) is 0 Å². The van der Waals surface area contributed by atoms with Crippen molar-refractivity contribution in [1.82, 2.24) is 0 Å². The van der Waals surface area contributed by atoms with E-state index in [2.05, 4.69) is 19.1 Å². The summed E-state index contributed by atoms with van der Waals surface area (Å²) in [6.07, 6.45) is 8.27. The highest BCUT2D eigenvalue weighted by molar-refractivity contribution is 5.32. The van der Waals surface area contributed by atoms with E-state index in [9.17, 15) is 0 Å². The highest BCUT2D eigenvalue weighted by Gasteiger charge is 2.16. The Morgan fingerprint density at radius 1 is 1.14 bits per heavy atom. The molecule has 1 aliphatic carbocycles. The minimum Gasteiger partial charge on any atom is -0.454 e. The zero-order valence-electron chi connectivity index (χ0n) is 9.17. The third-order valence-electron chi connectivity index (χ3n) is 2.15. The van der Waals surface area contributed by atoms with E-state index in [1.54, 1.807) is 0 Å². The summed E-state index contributed by atoms with van der Waals surface area (Å²) in [6, 6.07) is 0. The molecule has 14 heavy (non-hydrogen) atoms. The maximum absolute atomic E-state index is 5.27. The Bertz CT molecular complexity index is 272.